The second kappa shape index (κ2) is 10.3. The van der Waals surface area contributed by atoms with Gasteiger partial charge in [0, 0.05) is 36.4 Å². The van der Waals surface area contributed by atoms with E-state index in [1.165, 1.54) is 11.8 Å². The summed E-state index contributed by atoms with van der Waals surface area (Å²) in [5.74, 6) is -0.0362. The summed E-state index contributed by atoms with van der Waals surface area (Å²) >= 11 is 0. The Morgan fingerprint density at radius 1 is 1.19 bits per heavy atom. The average Bonchev–Trinajstić information content (AvgIpc) is 3.49. The molecule has 3 aromatic heterocycles. The largest absolute Gasteiger partial charge is 0.354 e. The average molecular weight is 487 g/mol. The van der Waals surface area contributed by atoms with Crippen LogP contribution in [0.25, 0.3) is 33.5 Å². The Kier molecular flexibility index (Phi) is 6.77. The predicted octanol–water partition coefficient (Wildman–Crippen LogP) is 2.83. The zero-order valence-corrected chi connectivity index (χ0v) is 20.4. The van der Waals surface area contributed by atoms with Gasteiger partial charge in [-0.1, -0.05) is 13.0 Å². The number of pyridine rings is 1. The van der Waals surface area contributed by atoms with Gasteiger partial charge < -0.3 is 20.9 Å². The standard InChI is InChI=1S/C26H30N8O2/c1-3-27-11-17-12-28-13-19(15(17)2)16-7-8-20-18(10-16)23(34-33-20)24-30-14-22(31-24)26(36)32-21-6-4-5-9-29-25(21)35/h7-8,10,12-14,21,27H,3-6,9,11H2,1-2H3,(H,29,35)(H,30,31)(H,32,36)(H,33,34)/t21-/m0/s1. The first kappa shape index (κ1) is 23.7. The third-order valence-electron chi connectivity index (χ3n) is 6.64. The van der Waals surface area contributed by atoms with E-state index in [0.717, 1.165) is 53.5 Å². The van der Waals surface area contributed by atoms with E-state index in [1.807, 2.05) is 24.5 Å². The molecule has 1 aliphatic rings. The van der Waals surface area contributed by atoms with Crippen LogP contribution in [0.5, 0.6) is 0 Å². The van der Waals surface area contributed by atoms with E-state index < -0.39 is 6.04 Å². The van der Waals surface area contributed by atoms with E-state index >= 15 is 0 Å². The van der Waals surface area contributed by atoms with Gasteiger partial charge in [0.15, 0.2) is 5.82 Å². The topological polar surface area (TPSA) is 140 Å². The quantitative estimate of drug-likeness (QED) is 0.272. The monoisotopic (exact) mass is 486 g/mol. The predicted molar refractivity (Wildman–Crippen MR) is 137 cm³/mol. The van der Waals surface area contributed by atoms with Crippen molar-refractivity contribution in [3.05, 3.63) is 53.6 Å². The number of aromatic amines is 2. The number of nitrogens with one attached hydrogen (secondary N) is 5. The molecular formula is C26H30N8O2. The molecule has 10 heteroatoms. The zero-order valence-electron chi connectivity index (χ0n) is 20.4. The molecule has 0 bridgehead atoms. The Hall–Kier alpha value is -4.05. The van der Waals surface area contributed by atoms with E-state index in [0.29, 0.717) is 24.5 Å². The minimum absolute atomic E-state index is 0.147. The number of hydrogen-bond acceptors (Lipinski definition) is 6. The van der Waals surface area contributed by atoms with E-state index in [-0.39, 0.29) is 17.5 Å². The molecule has 36 heavy (non-hydrogen) atoms. The molecule has 186 valence electrons. The number of imidazole rings is 1. The zero-order chi connectivity index (χ0) is 25.1. The second-order valence-electron chi connectivity index (χ2n) is 9.04. The maximum absolute atomic E-state index is 12.8. The van der Waals surface area contributed by atoms with Gasteiger partial charge >= 0.3 is 0 Å². The van der Waals surface area contributed by atoms with E-state index in [1.54, 1.807) is 0 Å². The van der Waals surface area contributed by atoms with Gasteiger partial charge in [-0.3, -0.25) is 19.7 Å². The maximum Gasteiger partial charge on any atom is 0.270 e. The molecule has 2 amide bonds. The highest BCUT2D eigenvalue weighted by atomic mass is 16.2. The van der Waals surface area contributed by atoms with Crippen molar-refractivity contribution in [2.24, 2.45) is 0 Å². The molecule has 0 saturated carbocycles. The summed E-state index contributed by atoms with van der Waals surface area (Å²) in [5, 5.41) is 17.4. The van der Waals surface area contributed by atoms with Crippen LogP contribution in [0.2, 0.25) is 0 Å². The Bertz CT molecular complexity index is 1410. The van der Waals surface area contributed by atoms with Crippen molar-refractivity contribution in [3.8, 4) is 22.6 Å². The number of amides is 2. The number of hydrogen-bond donors (Lipinski definition) is 5. The summed E-state index contributed by atoms with van der Waals surface area (Å²) in [4.78, 5) is 36.9. The number of aromatic nitrogens is 5. The highest BCUT2D eigenvalue weighted by Crippen LogP contribution is 2.31. The lowest BCUT2D eigenvalue weighted by atomic mass is 9.98. The number of benzene rings is 1. The van der Waals surface area contributed by atoms with Gasteiger partial charge in [0.25, 0.3) is 5.91 Å². The van der Waals surface area contributed by atoms with Gasteiger partial charge in [0.2, 0.25) is 5.91 Å². The lowest BCUT2D eigenvalue weighted by Gasteiger charge is -2.14. The number of fused-ring (bicyclic) bond motifs is 1. The maximum atomic E-state index is 12.8. The molecule has 4 aromatic rings. The number of rotatable bonds is 7. The first-order valence-electron chi connectivity index (χ1n) is 12.3. The lowest BCUT2D eigenvalue weighted by Crippen LogP contribution is -2.45. The fourth-order valence-corrected chi connectivity index (χ4v) is 4.53. The first-order valence-corrected chi connectivity index (χ1v) is 12.3. The molecule has 1 fully saturated rings. The molecule has 1 saturated heterocycles. The molecular weight excluding hydrogens is 456 g/mol. The van der Waals surface area contributed by atoms with Crippen LogP contribution >= 0.6 is 0 Å². The fourth-order valence-electron chi connectivity index (χ4n) is 4.53. The summed E-state index contributed by atoms with van der Waals surface area (Å²) in [6.07, 6.45) is 7.67. The molecule has 5 rings (SSSR count). The van der Waals surface area contributed by atoms with Gasteiger partial charge in [-0.05, 0) is 61.6 Å². The first-order chi connectivity index (χ1) is 17.5. The molecule has 0 radical (unpaired) electrons. The molecule has 1 atom stereocenters. The Balaban J connectivity index is 1.42. The van der Waals surface area contributed by atoms with Crippen molar-refractivity contribution in [2.45, 2.75) is 45.7 Å². The van der Waals surface area contributed by atoms with Crippen molar-refractivity contribution in [3.63, 3.8) is 0 Å². The number of H-pyrrole nitrogens is 2. The third kappa shape index (κ3) is 4.72. The van der Waals surface area contributed by atoms with Crippen LogP contribution in [0.15, 0.2) is 36.8 Å². The number of nitrogens with zero attached hydrogens (tertiary/aromatic N) is 3. The van der Waals surface area contributed by atoms with Crippen molar-refractivity contribution in [1.29, 1.82) is 0 Å². The minimum Gasteiger partial charge on any atom is -0.354 e. The van der Waals surface area contributed by atoms with Gasteiger partial charge in [-0.25, -0.2) is 4.98 Å². The van der Waals surface area contributed by atoms with Crippen LogP contribution in [0.4, 0.5) is 0 Å². The van der Waals surface area contributed by atoms with Gasteiger partial charge in [-0.15, -0.1) is 0 Å². The smallest absolute Gasteiger partial charge is 0.270 e. The third-order valence-corrected chi connectivity index (χ3v) is 6.64. The lowest BCUT2D eigenvalue weighted by molar-refractivity contribution is -0.122. The second-order valence-corrected chi connectivity index (χ2v) is 9.04. The minimum atomic E-state index is -0.541. The van der Waals surface area contributed by atoms with Crippen LogP contribution in [0.3, 0.4) is 0 Å². The van der Waals surface area contributed by atoms with Crippen LogP contribution < -0.4 is 16.0 Å². The summed E-state index contributed by atoms with van der Waals surface area (Å²) in [7, 11) is 0. The normalized spacial score (nSPS) is 16.1. The molecule has 1 aromatic carbocycles. The van der Waals surface area contributed by atoms with E-state index in [9.17, 15) is 9.59 Å². The summed E-state index contributed by atoms with van der Waals surface area (Å²) in [6, 6.07) is 5.55. The molecule has 0 unspecified atom stereocenters. The van der Waals surface area contributed by atoms with Crippen molar-refractivity contribution in [2.75, 3.05) is 13.1 Å². The number of carbonyl (C=O) groups excluding carboxylic acids is 2. The molecule has 0 aliphatic carbocycles. The highest BCUT2D eigenvalue weighted by Gasteiger charge is 2.24. The van der Waals surface area contributed by atoms with Gasteiger partial charge in [-0.2, -0.15) is 5.10 Å². The van der Waals surface area contributed by atoms with Gasteiger partial charge in [0.1, 0.15) is 17.4 Å². The Labute approximate surface area is 208 Å². The van der Waals surface area contributed by atoms with Crippen LogP contribution in [-0.2, 0) is 11.3 Å². The Morgan fingerprint density at radius 3 is 2.94 bits per heavy atom. The summed E-state index contributed by atoms with van der Waals surface area (Å²) in [5.41, 5.74) is 6.18. The van der Waals surface area contributed by atoms with Gasteiger partial charge in [0.05, 0.1) is 11.7 Å². The van der Waals surface area contributed by atoms with Crippen LogP contribution in [-0.4, -0.2) is 56.1 Å². The highest BCUT2D eigenvalue weighted by molar-refractivity contribution is 5.98. The van der Waals surface area contributed by atoms with Crippen molar-refractivity contribution < 1.29 is 9.59 Å². The molecule has 1 aliphatic heterocycles. The summed E-state index contributed by atoms with van der Waals surface area (Å²) in [6.45, 7) is 6.49. The molecule has 4 heterocycles. The van der Waals surface area contributed by atoms with Crippen molar-refractivity contribution in [1.82, 2.24) is 41.1 Å². The molecule has 10 nitrogen and oxygen atoms in total. The van der Waals surface area contributed by atoms with E-state index in [4.69, 9.17) is 0 Å². The molecule has 5 N–H and O–H groups in total. The summed E-state index contributed by atoms with van der Waals surface area (Å²) < 4.78 is 0. The Morgan fingerprint density at radius 2 is 2.08 bits per heavy atom. The van der Waals surface area contributed by atoms with Crippen molar-refractivity contribution >= 4 is 22.7 Å². The molecule has 0 spiro atoms. The van der Waals surface area contributed by atoms with Crippen LogP contribution in [0.1, 0.15) is 47.8 Å². The fraction of sp³-hybridized carbons (Fsp3) is 0.346. The SMILES string of the molecule is CCNCc1cncc(-c2ccc3[nH]nc(-c4ncc(C(=O)N[C@H]5CCCCNC5=O)[nH]4)c3c2)c1C. The van der Waals surface area contributed by atoms with Crippen LogP contribution in [0, 0.1) is 6.92 Å². The van der Waals surface area contributed by atoms with E-state index in [2.05, 4.69) is 61.0 Å². The number of carbonyl (C=O) groups is 2.